The molecule has 0 fully saturated rings. The number of carbonyl (C=O) groups excluding carboxylic acids is 1. The van der Waals surface area contributed by atoms with Crippen LogP contribution >= 0.6 is 0 Å². The Labute approximate surface area is 70.6 Å². The van der Waals surface area contributed by atoms with Crippen LogP contribution in [0.25, 0.3) is 0 Å². The molecule has 0 bridgehead atoms. The van der Waals surface area contributed by atoms with Crippen LogP contribution in [0.3, 0.4) is 0 Å². The van der Waals surface area contributed by atoms with Crippen LogP contribution in [0.5, 0.6) is 5.88 Å². The van der Waals surface area contributed by atoms with Gasteiger partial charge in [0.2, 0.25) is 5.88 Å². The fraction of sp³-hybridized carbons (Fsp3) is 0.375. The van der Waals surface area contributed by atoms with Crippen molar-refractivity contribution >= 4 is 6.29 Å². The molecule has 0 aromatic carbocycles. The van der Waals surface area contributed by atoms with E-state index in [-0.39, 0.29) is 0 Å². The Balaban J connectivity index is 2.74. The van der Waals surface area contributed by atoms with Crippen LogP contribution in [-0.2, 0) is 11.2 Å². The zero-order valence-electron chi connectivity index (χ0n) is 6.86. The molecule has 0 radical (unpaired) electrons. The summed E-state index contributed by atoms with van der Waals surface area (Å²) in [5.74, 6) is 0.499. The molecule has 0 atom stereocenters. The van der Waals surface area contributed by atoms with Crippen LogP contribution in [0, 0.1) is 0 Å². The van der Waals surface area contributed by atoms with Crippen molar-refractivity contribution in [2.45, 2.75) is 12.8 Å². The molecule has 64 valence electrons. The quantitative estimate of drug-likeness (QED) is 0.615. The highest BCUT2D eigenvalue weighted by Gasteiger charge is 2.02. The first-order valence-corrected chi connectivity index (χ1v) is 3.66. The molecule has 0 unspecified atom stereocenters. The van der Waals surface area contributed by atoms with Gasteiger partial charge in [-0.1, -0.05) is 0 Å². The van der Waals surface area contributed by atoms with Crippen molar-refractivity contribution in [3.8, 4) is 5.88 Å². The Morgan fingerprint density at radius 2 is 2.25 bits per heavy atom. The summed E-state index contributed by atoms with van der Waals surface area (Å²) in [4.78, 5) is 18.1. The minimum atomic E-state index is 0.453. The maximum Gasteiger partial charge on any atom is 0.235 e. The van der Waals surface area contributed by atoms with Crippen LogP contribution in [0.2, 0.25) is 0 Å². The number of hydrogen-bond acceptors (Lipinski definition) is 4. The molecule has 0 aliphatic carbocycles. The van der Waals surface area contributed by atoms with Gasteiger partial charge in [-0.25, -0.2) is 4.98 Å². The van der Waals surface area contributed by atoms with Gasteiger partial charge in [0.05, 0.1) is 7.11 Å². The Bertz CT molecular complexity index is 263. The van der Waals surface area contributed by atoms with Crippen LogP contribution in [0.15, 0.2) is 12.4 Å². The first kappa shape index (κ1) is 8.64. The third-order valence-corrected chi connectivity index (χ3v) is 1.43. The number of aldehydes is 1. The van der Waals surface area contributed by atoms with Crippen LogP contribution < -0.4 is 4.74 Å². The molecule has 0 saturated carbocycles. The molecule has 0 amide bonds. The van der Waals surface area contributed by atoms with Gasteiger partial charge in [0, 0.05) is 25.2 Å². The molecule has 1 heterocycles. The minimum absolute atomic E-state index is 0.453. The van der Waals surface area contributed by atoms with E-state index >= 15 is 0 Å². The number of hydrogen-bond donors (Lipinski definition) is 0. The highest BCUT2D eigenvalue weighted by Crippen LogP contribution is 2.11. The number of aryl methyl sites for hydroxylation is 1. The third kappa shape index (κ3) is 2.02. The van der Waals surface area contributed by atoms with Crippen molar-refractivity contribution in [3.05, 3.63) is 18.1 Å². The Hall–Kier alpha value is -1.45. The highest BCUT2D eigenvalue weighted by molar-refractivity contribution is 5.50. The van der Waals surface area contributed by atoms with E-state index in [1.807, 2.05) is 0 Å². The van der Waals surface area contributed by atoms with Gasteiger partial charge in [-0.2, -0.15) is 0 Å². The Morgan fingerprint density at radius 1 is 1.50 bits per heavy atom. The van der Waals surface area contributed by atoms with Gasteiger partial charge in [0.1, 0.15) is 12.0 Å². The average molecular weight is 166 g/mol. The molecule has 1 aromatic rings. The molecule has 4 nitrogen and oxygen atoms in total. The molecule has 0 aliphatic heterocycles. The first-order chi connectivity index (χ1) is 5.88. The van der Waals surface area contributed by atoms with Gasteiger partial charge < -0.3 is 9.53 Å². The predicted octanol–water partition coefficient (Wildman–Crippen LogP) is 0.617. The molecular formula is C8H10N2O2. The molecule has 4 heteroatoms. The van der Waals surface area contributed by atoms with Crippen molar-refractivity contribution in [2.75, 3.05) is 7.11 Å². The average Bonchev–Trinajstić information content (AvgIpc) is 2.15. The summed E-state index contributed by atoms with van der Waals surface area (Å²) in [6, 6.07) is 0. The molecule has 0 spiro atoms. The number of methoxy groups -OCH3 is 1. The van der Waals surface area contributed by atoms with Crippen LogP contribution in [0.4, 0.5) is 0 Å². The number of aromatic nitrogens is 2. The second kappa shape index (κ2) is 4.43. The number of carbonyl (C=O) groups is 1. The number of rotatable bonds is 4. The third-order valence-electron chi connectivity index (χ3n) is 1.43. The summed E-state index contributed by atoms with van der Waals surface area (Å²) in [5.41, 5.74) is 0.729. The van der Waals surface area contributed by atoms with Crippen molar-refractivity contribution in [2.24, 2.45) is 0 Å². The van der Waals surface area contributed by atoms with E-state index in [0.717, 1.165) is 12.0 Å². The van der Waals surface area contributed by atoms with Crippen molar-refractivity contribution in [3.63, 3.8) is 0 Å². The van der Waals surface area contributed by atoms with E-state index in [4.69, 9.17) is 4.74 Å². The van der Waals surface area contributed by atoms with E-state index < -0.39 is 0 Å². The van der Waals surface area contributed by atoms with Crippen LogP contribution in [0.1, 0.15) is 12.1 Å². The SMILES string of the molecule is COc1nccnc1CCC=O. The molecule has 0 N–H and O–H groups in total. The summed E-state index contributed by atoms with van der Waals surface area (Å²) in [5, 5.41) is 0. The predicted molar refractivity (Wildman–Crippen MR) is 43.0 cm³/mol. The lowest BCUT2D eigenvalue weighted by atomic mass is 10.2. The van der Waals surface area contributed by atoms with Gasteiger partial charge in [-0.3, -0.25) is 4.98 Å². The lowest BCUT2D eigenvalue weighted by Gasteiger charge is -2.02. The second-order valence-electron chi connectivity index (χ2n) is 2.22. The number of nitrogens with zero attached hydrogens (tertiary/aromatic N) is 2. The van der Waals surface area contributed by atoms with E-state index in [1.54, 1.807) is 12.4 Å². The summed E-state index contributed by atoms with van der Waals surface area (Å²) < 4.78 is 4.95. The zero-order valence-corrected chi connectivity index (χ0v) is 6.86. The molecule has 12 heavy (non-hydrogen) atoms. The topological polar surface area (TPSA) is 52.1 Å². The summed E-state index contributed by atoms with van der Waals surface area (Å²) >= 11 is 0. The van der Waals surface area contributed by atoms with Crippen molar-refractivity contribution in [1.82, 2.24) is 9.97 Å². The van der Waals surface area contributed by atoms with Gasteiger partial charge in [-0.15, -0.1) is 0 Å². The van der Waals surface area contributed by atoms with Gasteiger partial charge in [-0.05, 0) is 0 Å². The fourth-order valence-corrected chi connectivity index (χ4v) is 0.892. The van der Waals surface area contributed by atoms with Crippen molar-refractivity contribution in [1.29, 1.82) is 0 Å². The molecule has 1 rings (SSSR count). The van der Waals surface area contributed by atoms with E-state index in [9.17, 15) is 4.79 Å². The first-order valence-electron chi connectivity index (χ1n) is 3.66. The Kier molecular flexibility index (Phi) is 3.19. The fourth-order valence-electron chi connectivity index (χ4n) is 0.892. The zero-order chi connectivity index (χ0) is 8.81. The van der Waals surface area contributed by atoms with Crippen molar-refractivity contribution < 1.29 is 9.53 Å². The highest BCUT2D eigenvalue weighted by atomic mass is 16.5. The lowest BCUT2D eigenvalue weighted by Crippen LogP contribution is -1.98. The van der Waals surface area contributed by atoms with E-state index in [2.05, 4.69) is 9.97 Å². The van der Waals surface area contributed by atoms with Crippen LogP contribution in [-0.4, -0.2) is 23.4 Å². The van der Waals surface area contributed by atoms with Gasteiger partial charge in [0.25, 0.3) is 0 Å². The maximum atomic E-state index is 10.1. The number of ether oxygens (including phenoxy) is 1. The summed E-state index contributed by atoms with van der Waals surface area (Å²) in [7, 11) is 1.54. The summed E-state index contributed by atoms with van der Waals surface area (Å²) in [6.07, 6.45) is 5.04. The second-order valence-corrected chi connectivity index (χ2v) is 2.22. The monoisotopic (exact) mass is 166 g/mol. The largest absolute Gasteiger partial charge is 0.480 e. The molecule has 0 aliphatic rings. The van der Waals surface area contributed by atoms with E-state index in [1.165, 1.54) is 7.11 Å². The van der Waals surface area contributed by atoms with E-state index in [0.29, 0.717) is 18.7 Å². The minimum Gasteiger partial charge on any atom is -0.480 e. The maximum absolute atomic E-state index is 10.1. The standard InChI is InChI=1S/C8H10N2O2/c1-12-8-7(3-2-6-11)9-4-5-10-8/h4-6H,2-3H2,1H3. The molecular weight excluding hydrogens is 156 g/mol. The summed E-state index contributed by atoms with van der Waals surface area (Å²) in [6.45, 7) is 0. The molecule has 0 saturated heterocycles. The normalized spacial score (nSPS) is 9.42. The van der Waals surface area contributed by atoms with Gasteiger partial charge >= 0.3 is 0 Å². The smallest absolute Gasteiger partial charge is 0.235 e. The lowest BCUT2D eigenvalue weighted by molar-refractivity contribution is -0.107. The Morgan fingerprint density at radius 3 is 2.92 bits per heavy atom. The molecule has 1 aromatic heterocycles. The van der Waals surface area contributed by atoms with Gasteiger partial charge in [0.15, 0.2) is 0 Å².